The Morgan fingerprint density at radius 2 is 0.825 bits per heavy atom. The molecule has 0 unspecified atom stereocenters. The molecule has 40 heavy (non-hydrogen) atoms. The van der Waals surface area contributed by atoms with Crippen LogP contribution in [0.1, 0.15) is 75.6 Å². The molecule has 4 aromatic carbocycles. The largest absolute Gasteiger partial charge is 0.507 e. The third kappa shape index (κ3) is 8.81. The highest BCUT2D eigenvalue weighted by Crippen LogP contribution is 2.37. The lowest BCUT2D eigenvalue weighted by Gasteiger charge is -2.11. The van der Waals surface area contributed by atoms with Crippen LogP contribution < -0.4 is 4.74 Å². The van der Waals surface area contributed by atoms with Crippen LogP contribution in [0.3, 0.4) is 0 Å². The number of ether oxygens (including phenoxy) is 1. The Morgan fingerprint density at radius 1 is 0.450 bits per heavy atom. The maximum atomic E-state index is 10.1. The minimum Gasteiger partial charge on any atom is -0.507 e. The van der Waals surface area contributed by atoms with Gasteiger partial charge in [0.05, 0.1) is 0 Å². The number of benzene rings is 4. The molecule has 0 amide bonds. The van der Waals surface area contributed by atoms with Crippen LogP contribution in [-0.4, -0.2) is 15.3 Å². The summed E-state index contributed by atoms with van der Waals surface area (Å²) in [5.41, 5.74) is 6.28. The molecule has 0 fully saturated rings. The second-order valence-electron chi connectivity index (χ2n) is 10.3. The normalized spacial score (nSPS) is 10.6. The molecule has 0 bridgehead atoms. The van der Waals surface area contributed by atoms with E-state index in [0.717, 1.165) is 57.1 Å². The van der Waals surface area contributed by atoms with E-state index in [1.807, 2.05) is 48.5 Å². The summed E-state index contributed by atoms with van der Waals surface area (Å²) >= 11 is 0. The summed E-state index contributed by atoms with van der Waals surface area (Å²) in [5, 5.41) is 30.1. The van der Waals surface area contributed by atoms with Gasteiger partial charge in [-0.05, 0) is 96.5 Å². The van der Waals surface area contributed by atoms with Crippen LogP contribution in [0.15, 0.2) is 78.9 Å². The fourth-order valence-corrected chi connectivity index (χ4v) is 4.71. The third-order valence-electron chi connectivity index (χ3n) is 6.74. The van der Waals surface area contributed by atoms with E-state index < -0.39 is 0 Å². The monoisotopic (exact) mass is 540 g/mol. The molecule has 4 nitrogen and oxygen atoms in total. The van der Waals surface area contributed by atoms with E-state index in [1.165, 1.54) is 22.3 Å². The molecular weight excluding hydrogens is 496 g/mol. The van der Waals surface area contributed by atoms with Crippen molar-refractivity contribution in [1.29, 1.82) is 0 Å². The van der Waals surface area contributed by atoms with Gasteiger partial charge in [-0.2, -0.15) is 0 Å². The number of aromatic hydroxyl groups is 3. The van der Waals surface area contributed by atoms with Crippen molar-refractivity contribution in [2.45, 2.75) is 79.1 Å². The molecule has 4 rings (SSSR count). The SMILES string of the molecule is CCCc1ccc(O)c(-c2cc(CCC)ccc2O)c1.CCCc1ccc(Oc2cc(CCC)ccc2O)cc1. The standard InChI is InChI=1S/2C18H22O2/c1-3-5-14-7-10-16(11-8-14)20-18-13-15(6-4-2)9-12-17(18)19;1-3-5-13-7-9-17(19)15(11-13)16-12-14(6-4-2)8-10-18(16)20/h7-13,19H,3-6H2,1-2H3;7-12,19-20H,3-6H2,1-2H3. The van der Waals surface area contributed by atoms with Gasteiger partial charge < -0.3 is 20.1 Å². The quantitative estimate of drug-likeness (QED) is 0.177. The summed E-state index contributed by atoms with van der Waals surface area (Å²) in [5.74, 6) is 1.90. The molecular formula is C36H44O4. The molecule has 212 valence electrons. The topological polar surface area (TPSA) is 69.9 Å². The Bertz CT molecular complexity index is 1290. The van der Waals surface area contributed by atoms with Crippen molar-refractivity contribution in [2.24, 2.45) is 0 Å². The van der Waals surface area contributed by atoms with Gasteiger partial charge in [-0.1, -0.05) is 83.7 Å². The highest BCUT2D eigenvalue weighted by atomic mass is 16.5. The molecule has 0 radical (unpaired) electrons. The van der Waals surface area contributed by atoms with Gasteiger partial charge in [0.1, 0.15) is 17.2 Å². The van der Waals surface area contributed by atoms with E-state index in [9.17, 15) is 15.3 Å². The van der Waals surface area contributed by atoms with Crippen molar-refractivity contribution in [3.05, 3.63) is 101 Å². The minimum atomic E-state index is 0.183. The third-order valence-corrected chi connectivity index (χ3v) is 6.74. The molecule has 0 heterocycles. The first-order valence-electron chi connectivity index (χ1n) is 14.6. The van der Waals surface area contributed by atoms with Crippen LogP contribution in [0, 0.1) is 0 Å². The fourth-order valence-electron chi connectivity index (χ4n) is 4.71. The second kappa shape index (κ2) is 15.6. The molecule has 0 aromatic heterocycles. The van der Waals surface area contributed by atoms with Crippen molar-refractivity contribution in [3.63, 3.8) is 0 Å². The zero-order valence-corrected chi connectivity index (χ0v) is 24.4. The molecule has 0 spiro atoms. The molecule has 0 aliphatic carbocycles. The number of hydrogen-bond acceptors (Lipinski definition) is 4. The second-order valence-corrected chi connectivity index (χ2v) is 10.3. The Kier molecular flexibility index (Phi) is 12.0. The lowest BCUT2D eigenvalue weighted by Crippen LogP contribution is -1.89. The first kappa shape index (κ1) is 30.6. The van der Waals surface area contributed by atoms with Gasteiger partial charge in [0.25, 0.3) is 0 Å². The molecule has 4 aromatic rings. The first-order chi connectivity index (χ1) is 19.4. The molecule has 0 aliphatic rings. The van der Waals surface area contributed by atoms with Crippen molar-refractivity contribution in [3.8, 4) is 39.9 Å². The van der Waals surface area contributed by atoms with Gasteiger partial charge in [0.2, 0.25) is 0 Å². The maximum Gasteiger partial charge on any atom is 0.169 e. The Labute approximate surface area is 239 Å². The Morgan fingerprint density at radius 3 is 1.27 bits per heavy atom. The zero-order chi connectivity index (χ0) is 28.9. The highest BCUT2D eigenvalue weighted by Gasteiger charge is 2.11. The molecule has 0 aliphatic heterocycles. The number of hydrogen-bond donors (Lipinski definition) is 3. The lowest BCUT2D eigenvalue weighted by molar-refractivity contribution is 0.410. The summed E-state index contributed by atoms with van der Waals surface area (Å²) in [4.78, 5) is 0. The minimum absolute atomic E-state index is 0.183. The van der Waals surface area contributed by atoms with E-state index in [4.69, 9.17) is 4.74 Å². The molecule has 0 saturated heterocycles. The molecule has 0 saturated carbocycles. The van der Waals surface area contributed by atoms with Gasteiger partial charge >= 0.3 is 0 Å². The smallest absolute Gasteiger partial charge is 0.169 e. The van der Waals surface area contributed by atoms with Crippen LogP contribution in [0.25, 0.3) is 11.1 Å². The van der Waals surface area contributed by atoms with Crippen LogP contribution in [0.4, 0.5) is 0 Å². The van der Waals surface area contributed by atoms with Crippen molar-refractivity contribution < 1.29 is 20.1 Å². The number of aryl methyl sites for hydroxylation is 4. The average molecular weight is 541 g/mol. The lowest BCUT2D eigenvalue weighted by atomic mass is 9.96. The number of rotatable bonds is 11. The van der Waals surface area contributed by atoms with Crippen LogP contribution in [-0.2, 0) is 25.7 Å². The zero-order valence-electron chi connectivity index (χ0n) is 24.4. The molecule has 4 heteroatoms. The average Bonchev–Trinajstić information content (AvgIpc) is 2.95. The number of phenols is 3. The summed E-state index contributed by atoms with van der Waals surface area (Å²) in [6.45, 7) is 8.57. The summed E-state index contributed by atoms with van der Waals surface area (Å²) < 4.78 is 5.78. The van der Waals surface area contributed by atoms with E-state index in [2.05, 4.69) is 39.8 Å². The van der Waals surface area contributed by atoms with Gasteiger partial charge in [-0.3, -0.25) is 0 Å². The summed E-state index contributed by atoms with van der Waals surface area (Å²) in [7, 11) is 0. The summed E-state index contributed by atoms with van der Waals surface area (Å²) in [6, 6.07) is 24.9. The molecule has 3 N–H and O–H groups in total. The van der Waals surface area contributed by atoms with E-state index in [1.54, 1.807) is 18.2 Å². The Balaban J connectivity index is 0.000000220. The van der Waals surface area contributed by atoms with E-state index in [-0.39, 0.29) is 17.2 Å². The fraction of sp³-hybridized carbons (Fsp3) is 0.333. The Hall–Kier alpha value is -3.92. The first-order valence-corrected chi connectivity index (χ1v) is 14.6. The van der Waals surface area contributed by atoms with E-state index >= 15 is 0 Å². The van der Waals surface area contributed by atoms with Crippen LogP contribution in [0.2, 0.25) is 0 Å². The highest BCUT2D eigenvalue weighted by molar-refractivity contribution is 5.76. The van der Waals surface area contributed by atoms with Gasteiger partial charge in [0, 0.05) is 11.1 Å². The van der Waals surface area contributed by atoms with Crippen LogP contribution >= 0.6 is 0 Å². The van der Waals surface area contributed by atoms with Crippen molar-refractivity contribution in [1.82, 2.24) is 0 Å². The summed E-state index contributed by atoms with van der Waals surface area (Å²) in [6.07, 6.45) is 8.36. The maximum absolute atomic E-state index is 10.1. The van der Waals surface area contributed by atoms with E-state index in [0.29, 0.717) is 16.9 Å². The predicted molar refractivity (Wildman–Crippen MR) is 166 cm³/mol. The molecule has 0 atom stereocenters. The van der Waals surface area contributed by atoms with Crippen LogP contribution in [0.5, 0.6) is 28.7 Å². The van der Waals surface area contributed by atoms with Gasteiger partial charge in [0.15, 0.2) is 11.5 Å². The van der Waals surface area contributed by atoms with Crippen molar-refractivity contribution >= 4 is 0 Å². The predicted octanol–water partition coefficient (Wildman–Crippen LogP) is 9.76. The number of phenolic OH excluding ortho intramolecular Hbond substituents is 3. The van der Waals surface area contributed by atoms with Crippen molar-refractivity contribution in [2.75, 3.05) is 0 Å². The van der Waals surface area contributed by atoms with Gasteiger partial charge in [-0.15, -0.1) is 0 Å². The van der Waals surface area contributed by atoms with Gasteiger partial charge in [-0.25, -0.2) is 0 Å².